The number of anilines is 2. The van der Waals surface area contributed by atoms with Crippen LogP contribution in [0.5, 0.6) is 5.75 Å². The van der Waals surface area contributed by atoms with Crippen molar-refractivity contribution in [3.8, 4) is 11.8 Å². The van der Waals surface area contributed by atoms with Crippen LogP contribution in [-0.2, 0) is 4.79 Å². The maximum absolute atomic E-state index is 12.1. The van der Waals surface area contributed by atoms with Crippen molar-refractivity contribution in [2.24, 2.45) is 0 Å². The van der Waals surface area contributed by atoms with Gasteiger partial charge >= 0.3 is 0 Å². The Bertz CT molecular complexity index is 759. The fraction of sp³-hybridized carbons (Fsp3) is 0.111. The molecule has 0 heterocycles. The van der Waals surface area contributed by atoms with Crippen molar-refractivity contribution in [1.29, 1.82) is 5.26 Å². The number of nitrogens with zero attached hydrogens (tertiary/aromatic N) is 1. The molecule has 2 rings (SSSR count). The number of benzene rings is 2. The summed E-state index contributed by atoms with van der Waals surface area (Å²) in [7, 11) is 1.56. The SMILES string of the molecule is COc1ccccc1N/C=C(/C#N)C(=O)Nc1ccc(C)cc1. The normalized spacial score (nSPS) is 10.6. The van der Waals surface area contributed by atoms with Crippen LogP contribution in [0.4, 0.5) is 11.4 Å². The van der Waals surface area contributed by atoms with Crippen molar-refractivity contribution in [3.63, 3.8) is 0 Å². The number of carbonyl (C=O) groups is 1. The molecule has 2 aromatic carbocycles. The Morgan fingerprint density at radius 3 is 2.52 bits per heavy atom. The second-order valence-electron chi connectivity index (χ2n) is 4.83. The van der Waals surface area contributed by atoms with Gasteiger partial charge in [-0.1, -0.05) is 29.8 Å². The van der Waals surface area contributed by atoms with Gasteiger partial charge in [-0.3, -0.25) is 4.79 Å². The van der Waals surface area contributed by atoms with E-state index < -0.39 is 5.91 Å². The molecule has 0 radical (unpaired) electrons. The van der Waals surface area contributed by atoms with E-state index in [0.717, 1.165) is 5.56 Å². The van der Waals surface area contributed by atoms with Gasteiger partial charge in [-0.2, -0.15) is 5.26 Å². The third-order valence-electron chi connectivity index (χ3n) is 3.15. The summed E-state index contributed by atoms with van der Waals surface area (Å²) in [4.78, 5) is 12.1. The van der Waals surface area contributed by atoms with Gasteiger partial charge in [-0.05, 0) is 31.2 Å². The Kier molecular flexibility index (Phi) is 5.37. The first-order valence-electron chi connectivity index (χ1n) is 7.02. The Balaban J connectivity index is 2.10. The number of methoxy groups -OCH3 is 1. The molecule has 116 valence electrons. The number of rotatable bonds is 5. The molecule has 0 saturated heterocycles. The highest BCUT2D eigenvalue weighted by molar-refractivity contribution is 6.06. The molecule has 0 aliphatic carbocycles. The van der Waals surface area contributed by atoms with Crippen LogP contribution >= 0.6 is 0 Å². The van der Waals surface area contributed by atoms with E-state index in [2.05, 4.69) is 10.6 Å². The van der Waals surface area contributed by atoms with Crippen LogP contribution in [0.2, 0.25) is 0 Å². The summed E-state index contributed by atoms with van der Waals surface area (Å²) in [6, 6.07) is 16.5. The van der Waals surface area contributed by atoms with Gasteiger partial charge in [-0.25, -0.2) is 0 Å². The molecular weight excluding hydrogens is 290 g/mol. The zero-order valence-electron chi connectivity index (χ0n) is 13.0. The van der Waals surface area contributed by atoms with Gasteiger partial charge in [0.1, 0.15) is 17.4 Å². The molecule has 0 atom stereocenters. The van der Waals surface area contributed by atoms with Gasteiger partial charge < -0.3 is 15.4 Å². The van der Waals surface area contributed by atoms with Gasteiger partial charge in [-0.15, -0.1) is 0 Å². The van der Waals surface area contributed by atoms with E-state index in [0.29, 0.717) is 17.1 Å². The fourth-order valence-corrected chi connectivity index (χ4v) is 1.90. The van der Waals surface area contributed by atoms with Crippen molar-refractivity contribution >= 4 is 17.3 Å². The monoisotopic (exact) mass is 307 g/mol. The van der Waals surface area contributed by atoms with E-state index in [1.165, 1.54) is 6.20 Å². The highest BCUT2D eigenvalue weighted by atomic mass is 16.5. The molecule has 0 saturated carbocycles. The van der Waals surface area contributed by atoms with Gasteiger partial charge in [0.2, 0.25) is 0 Å². The summed E-state index contributed by atoms with van der Waals surface area (Å²) in [5.74, 6) is 0.152. The Hall–Kier alpha value is -3.26. The minimum atomic E-state index is -0.473. The molecule has 5 heteroatoms. The van der Waals surface area contributed by atoms with E-state index in [-0.39, 0.29) is 5.57 Å². The number of hydrogen-bond acceptors (Lipinski definition) is 4. The first kappa shape index (κ1) is 16.1. The zero-order chi connectivity index (χ0) is 16.7. The second kappa shape index (κ2) is 7.66. The number of amides is 1. The van der Waals surface area contributed by atoms with Crippen LogP contribution in [-0.4, -0.2) is 13.0 Å². The third-order valence-corrected chi connectivity index (χ3v) is 3.15. The summed E-state index contributed by atoms with van der Waals surface area (Å²) in [5, 5.41) is 14.8. The molecule has 23 heavy (non-hydrogen) atoms. The highest BCUT2D eigenvalue weighted by Crippen LogP contribution is 2.23. The van der Waals surface area contributed by atoms with Crippen LogP contribution in [0.15, 0.2) is 60.3 Å². The van der Waals surface area contributed by atoms with E-state index in [4.69, 9.17) is 4.74 Å². The minimum absolute atomic E-state index is 0.0310. The average molecular weight is 307 g/mol. The van der Waals surface area contributed by atoms with E-state index in [1.54, 1.807) is 31.4 Å². The molecule has 0 aromatic heterocycles. The van der Waals surface area contributed by atoms with Crippen LogP contribution in [0.3, 0.4) is 0 Å². The van der Waals surface area contributed by atoms with Gasteiger partial charge in [0, 0.05) is 11.9 Å². The van der Waals surface area contributed by atoms with Crippen LogP contribution in [0.25, 0.3) is 0 Å². The molecule has 1 amide bonds. The van der Waals surface area contributed by atoms with Crippen LogP contribution < -0.4 is 15.4 Å². The molecule has 5 nitrogen and oxygen atoms in total. The molecule has 0 spiro atoms. The second-order valence-corrected chi connectivity index (χ2v) is 4.83. The third kappa shape index (κ3) is 4.35. The van der Waals surface area contributed by atoms with Crippen LogP contribution in [0.1, 0.15) is 5.56 Å². The quantitative estimate of drug-likeness (QED) is 0.655. The summed E-state index contributed by atoms with van der Waals surface area (Å²) < 4.78 is 5.20. The minimum Gasteiger partial charge on any atom is -0.495 e. The summed E-state index contributed by atoms with van der Waals surface area (Å²) in [6.45, 7) is 1.96. The van der Waals surface area contributed by atoms with E-state index >= 15 is 0 Å². The first-order chi connectivity index (χ1) is 11.1. The van der Waals surface area contributed by atoms with Gasteiger partial charge in [0.25, 0.3) is 5.91 Å². The smallest absolute Gasteiger partial charge is 0.267 e. The van der Waals surface area contributed by atoms with Crippen LogP contribution in [0, 0.1) is 18.3 Å². The molecule has 2 aromatic rings. The maximum Gasteiger partial charge on any atom is 0.267 e. The van der Waals surface area contributed by atoms with Crippen molar-refractivity contribution in [2.75, 3.05) is 17.7 Å². The molecular formula is C18H17N3O2. The van der Waals surface area contributed by atoms with E-state index in [9.17, 15) is 10.1 Å². The number of para-hydroxylation sites is 2. The van der Waals surface area contributed by atoms with Crippen molar-refractivity contribution in [3.05, 3.63) is 65.9 Å². The standard InChI is InChI=1S/C18H17N3O2/c1-13-7-9-15(10-8-13)21-18(22)14(11-19)12-20-16-5-3-4-6-17(16)23-2/h3-10,12,20H,1-2H3,(H,21,22)/b14-12-. The fourth-order valence-electron chi connectivity index (χ4n) is 1.90. The summed E-state index contributed by atoms with van der Waals surface area (Å²) >= 11 is 0. The lowest BCUT2D eigenvalue weighted by molar-refractivity contribution is -0.112. The van der Waals surface area contributed by atoms with Crippen molar-refractivity contribution < 1.29 is 9.53 Å². The lowest BCUT2D eigenvalue weighted by atomic mass is 10.2. The summed E-state index contributed by atoms with van der Waals surface area (Å²) in [6.07, 6.45) is 1.36. The van der Waals surface area contributed by atoms with Crippen molar-refractivity contribution in [1.82, 2.24) is 0 Å². The first-order valence-corrected chi connectivity index (χ1v) is 7.02. The summed E-state index contributed by atoms with van der Waals surface area (Å²) in [5.41, 5.74) is 2.37. The van der Waals surface area contributed by atoms with Gasteiger partial charge in [0.15, 0.2) is 0 Å². The Morgan fingerprint density at radius 1 is 1.17 bits per heavy atom. The molecule has 0 fully saturated rings. The zero-order valence-corrected chi connectivity index (χ0v) is 13.0. The lowest BCUT2D eigenvalue weighted by Gasteiger charge is -2.08. The number of aryl methyl sites for hydroxylation is 1. The molecule has 0 aliphatic rings. The predicted octanol–water partition coefficient (Wildman–Crippen LogP) is 3.46. The van der Waals surface area contributed by atoms with Gasteiger partial charge in [0.05, 0.1) is 12.8 Å². The maximum atomic E-state index is 12.1. The highest BCUT2D eigenvalue weighted by Gasteiger charge is 2.09. The topological polar surface area (TPSA) is 74.1 Å². The lowest BCUT2D eigenvalue weighted by Crippen LogP contribution is -2.14. The number of nitrogens with one attached hydrogen (secondary N) is 2. The number of nitriles is 1. The molecule has 0 unspecified atom stereocenters. The van der Waals surface area contributed by atoms with E-state index in [1.807, 2.05) is 37.3 Å². The Labute approximate surface area is 135 Å². The predicted molar refractivity (Wildman–Crippen MR) is 90.1 cm³/mol. The number of carbonyl (C=O) groups excluding carboxylic acids is 1. The largest absolute Gasteiger partial charge is 0.495 e. The molecule has 2 N–H and O–H groups in total. The number of hydrogen-bond donors (Lipinski definition) is 2. The van der Waals surface area contributed by atoms with Crippen molar-refractivity contribution in [2.45, 2.75) is 6.92 Å². The Morgan fingerprint density at radius 2 is 1.87 bits per heavy atom. The molecule has 0 aliphatic heterocycles. The molecule has 0 bridgehead atoms. The number of ether oxygens (including phenoxy) is 1. The average Bonchev–Trinajstić information content (AvgIpc) is 2.58.